The molecule has 114 valence electrons. The summed E-state index contributed by atoms with van der Waals surface area (Å²) in [4.78, 5) is 2.29. The van der Waals surface area contributed by atoms with Crippen LogP contribution in [0, 0.1) is 12.3 Å². The van der Waals surface area contributed by atoms with Gasteiger partial charge >= 0.3 is 0 Å². The third-order valence-electron chi connectivity index (χ3n) is 3.74. The van der Waals surface area contributed by atoms with Crippen molar-refractivity contribution in [1.82, 2.24) is 4.90 Å². The van der Waals surface area contributed by atoms with Crippen LogP contribution >= 0.6 is 11.6 Å². The van der Waals surface area contributed by atoms with Gasteiger partial charge in [0.2, 0.25) is 0 Å². The molecule has 0 atom stereocenters. The van der Waals surface area contributed by atoms with Crippen LogP contribution in [0.2, 0.25) is 5.02 Å². The van der Waals surface area contributed by atoms with Gasteiger partial charge in [-0.05, 0) is 18.9 Å². The third kappa shape index (κ3) is 3.96. The maximum atomic E-state index is 6.19. The Hall–Kier alpha value is -1.57. The van der Waals surface area contributed by atoms with Crippen molar-refractivity contribution in [2.45, 2.75) is 18.9 Å². The zero-order chi connectivity index (χ0) is 15.2. The number of rotatable bonds is 5. The largest absolute Gasteiger partial charge is 0.495 e. The predicted octanol–water partition coefficient (Wildman–Crippen LogP) is 2.87. The molecule has 1 saturated heterocycles. The van der Waals surface area contributed by atoms with Crippen molar-refractivity contribution < 1.29 is 9.47 Å². The average Bonchev–Trinajstić information content (AvgIpc) is 2.50. The lowest BCUT2D eigenvalue weighted by Crippen LogP contribution is -2.39. The summed E-state index contributed by atoms with van der Waals surface area (Å²) in [6.07, 6.45) is 7.45. The lowest BCUT2D eigenvalue weighted by Gasteiger charge is -2.32. The standard InChI is InChI=1S/C16H21ClN2O2/c1-4-7-19-8-5-12(6-9-19)18-14-10-13(17)15(20-2)11-16(14)21-3/h1,10-12,18H,5-9H2,2-3H3. The predicted molar refractivity (Wildman–Crippen MR) is 86.5 cm³/mol. The zero-order valence-corrected chi connectivity index (χ0v) is 13.2. The van der Waals surface area contributed by atoms with Crippen LogP contribution in [-0.4, -0.2) is 44.8 Å². The van der Waals surface area contributed by atoms with E-state index in [4.69, 9.17) is 27.5 Å². The van der Waals surface area contributed by atoms with E-state index in [9.17, 15) is 0 Å². The number of methoxy groups -OCH3 is 2. The van der Waals surface area contributed by atoms with Crippen molar-refractivity contribution in [2.24, 2.45) is 0 Å². The lowest BCUT2D eigenvalue weighted by atomic mass is 10.0. The number of nitrogens with zero attached hydrogens (tertiary/aromatic N) is 1. The highest BCUT2D eigenvalue weighted by Gasteiger charge is 2.20. The first kappa shape index (κ1) is 15.8. The number of anilines is 1. The van der Waals surface area contributed by atoms with Gasteiger partial charge in [0.1, 0.15) is 11.5 Å². The van der Waals surface area contributed by atoms with Crippen LogP contribution in [0.3, 0.4) is 0 Å². The Bertz CT molecular complexity index is 520. The molecule has 0 aromatic heterocycles. The molecule has 2 rings (SSSR count). The van der Waals surface area contributed by atoms with Crippen molar-refractivity contribution in [3.05, 3.63) is 17.2 Å². The van der Waals surface area contributed by atoms with Crippen molar-refractivity contribution in [1.29, 1.82) is 0 Å². The highest BCUT2D eigenvalue weighted by molar-refractivity contribution is 6.32. The monoisotopic (exact) mass is 308 g/mol. The topological polar surface area (TPSA) is 33.7 Å². The molecule has 21 heavy (non-hydrogen) atoms. The number of benzene rings is 1. The summed E-state index contributed by atoms with van der Waals surface area (Å²) in [7, 11) is 3.23. The van der Waals surface area contributed by atoms with Crippen molar-refractivity contribution >= 4 is 17.3 Å². The second-order valence-corrected chi connectivity index (χ2v) is 5.49. The van der Waals surface area contributed by atoms with E-state index in [1.165, 1.54) is 0 Å². The van der Waals surface area contributed by atoms with Gasteiger partial charge in [0.05, 0.1) is 31.5 Å². The average molecular weight is 309 g/mol. The van der Waals surface area contributed by atoms with Gasteiger partial charge < -0.3 is 14.8 Å². The summed E-state index contributed by atoms with van der Waals surface area (Å²) in [6, 6.07) is 4.06. The number of likely N-dealkylation sites (tertiary alicyclic amines) is 1. The first-order valence-corrected chi connectivity index (χ1v) is 7.39. The fourth-order valence-electron chi connectivity index (χ4n) is 2.56. The van der Waals surface area contributed by atoms with E-state index >= 15 is 0 Å². The zero-order valence-electron chi connectivity index (χ0n) is 12.5. The van der Waals surface area contributed by atoms with Crippen molar-refractivity contribution in [2.75, 3.05) is 39.2 Å². The second-order valence-electron chi connectivity index (χ2n) is 5.09. The second kappa shape index (κ2) is 7.44. The van der Waals surface area contributed by atoms with Crippen LogP contribution in [0.4, 0.5) is 5.69 Å². The van der Waals surface area contributed by atoms with Crippen molar-refractivity contribution in [3.63, 3.8) is 0 Å². The van der Waals surface area contributed by atoms with Gasteiger partial charge in [0, 0.05) is 25.2 Å². The van der Waals surface area contributed by atoms with Gasteiger partial charge in [0.25, 0.3) is 0 Å². The van der Waals surface area contributed by atoms with Gasteiger partial charge in [-0.3, -0.25) is 4.90 Å². The molecule has 0 amide bonds. The highest BCUT2D eigenvalue weighted by Crippen LogP contribution is 2.36. The molecule has 0 aliphatic carbocycles. The Kier molecular flexibility index (Phi) is 5.60. The molecule has 1 N–H and O–H groups in total. The summed E-state index contributed by atoms with van der Waals surface area (Å²) < 4.78 is 10.6. The molecule has 1 heterocycles. The van der Waals surface area contributed by atoms with Crippen LogP contribution in [0.25, 0.3) is 0 Å². The van der Waals surface area contributed by atoms with Gasteiger partial charge in [-0.2, -0.15) is 0 Å². The van der Waals surface area contributed by atoms with Gasteiger partial charge in [-0.15, -0.1) is 6.42 Å². The quantitative estimate of drug-likeness (QED) is 0.848. The number of hydrogen-bond donors (Lipinski definition) is 1. The molecular formula is C16H21ClN2O2. The molecule has 0 saturated carbocycles. The number of halogens is 1. The Morgan fingerprint density at radius 2 is 1.95 bits per heavy atom. The molecule has 1 aliphatic rings. The maximum Gasteiger partial charge on any atom is 0.145 e. The number of piperidine rings is 1. The summed E-state index contributed by atoms with van der Waals surface area (Å²) in [5.74, 6) is 4.05. The third-order valence-corrected chi connectivity index (χ3v) is 4.03. The number of terminal acetylenes is 1. The molecule has 1 aromatic rings. The van der Waals surface area contributed by atoms with Crippen LogP contribution in [0.5, 0.6) is 11.5 Å². The number of hydrogen-bond acceptors (Lipinski definition) is 4. The van der Waals surface area contributed by atoms with E-state index in [1.54, 1.807) is 20.3 Å². The van der Waals surface area contributed by atoms with Crippen LogP contribution in [0.1, 0.15) is 12.8 Å². The minimum Gasteiger partial charge on any atom is -0.495 e. The van der Waals surface area contributed by atoms with Gasteiger partial charge in [0.15, 0.2) is 0 Å². The molecule has 0 bridgehead atoms. The summed E-state index contributed by atoms with van der Waals surface area (Å²) in [5, 5.41) is 4.09. The Morgan fingerprint density at radius 1 is 1.29 bits per heavy atom. The summed E-state index contributed by atoms with van der Waals surface area (Å²) >= 11 is 6.19. The number of nitrogens with one attached hydrogen (secondary N) is 1. The van der Waals surface area contributed by atoms with Gasteiger partial charge in [-0.25, -0.2) is 0 Å². The van der Waals surface area contributed by atoms with Crippen molar-refractivity contribution in [3.8, 4) is 23.8 Å². The molecule has 4 nitrogen and oxygen atoms in total. The normalized spacial score (nSPS) is 16.3. The van der Waals surface area contributed by atoms with E-state index in [0.29, 0.717) is 16.8 Å². The highest BCUT2D eigenvalue weighted by atomic mass is 35.5. The van der Waals surface area contributed by atoms with Crippen LogP contribution in [-0.2, 0) is 0 Å². The molecule has 1 aliphatic heterocycles. The summed E-state index contributed by atoms with van der Waals surface area (Å²) in [6.45, 7) is 2.74. The minimum atomic E-state index is 0.400. The molecule has 5 heteroatoms. The van der Waals surface area contributed by atoms with E-state index < -0.39 is 0 Å². The molecular weight excluding hydrogens is 288 g/mol. The van der Waals surface area contributed by atoms with E-state index in [2.05, 4.69) is 16.1 Å². The van der Waals surface area contributed by atoms with E-state index in [-0.39, 0.29) is 0 Å². The molecule has 0 spiro atoms. The molecule has 1 aromatic carbocycles. The lowest BCUT2D eigenvalue weighted by molar-refractivity contribution is 0.243. The van der Waals surface area contributed by atoms with Gasteiger partial charge in [-0.1, -0.05) is 17.5 Å². The van der Waals surface area contributed by atoms with E-state index in [1.807, 2.05) is 6.07 Å². The van der Waals surface area contributed by atoms with E-state index in [0.717, 1.165) is 43.9 Å². The Morgan fingerprint density at radius 3 is 2.52 bits per heavy atom. The SMILES string of the molecule is C#CCN1CCC(Nc2cc(Cl)c(OC)cc2OC)CC1. The Balaban J connectivity index is 2.03. The maximum absolute atomic E-state index is 6.19. The first-order chi connectivity index (χ1) is 10.2. The fourth-order valence-corrected chi connectivity index (χ4v) is 2.80. The number of ether oxygens (including phenoxy) is 2. The first-order valence-electron chi connectivity index (χ1n) is 7.01. The van der Waals surface area contributed by atoms with Crippen LogP contribution in [0.15, 0.2) is 12.1 Å². The minimum absolute atomic E-state index is 0.400. The van der Waals surface area contributed by atoms with Crippen LogP contribution < -0.4 is 14.8 Å². The molecule has 1 fully saturated rings. The fraction of sp³-hybridized carbons (Fsp3) is 0.500. The smallest absolute Gasteiger partial charge is 0.145 e. The molecule has 0 unspecified atom stereocenters. The Labute approximate surface area is 131 Å². The summed E-state index contributed by atoms with van der Waals surface area (Å²) in [5.41, 5.74) is 0.902. The molecule has 0 radical (unpaired) electrons.